The van der Waals surface area contributed by atoms with Gasteiger partial charge in [0.15, 0.2) is 0 Å². The molecule has 0 amide bonds. The molecule has 6 aliphatic rings. The molecule has 1 N–H and O–H groups in total. The monoisotopic (exact) mass is 398 g/mol. The first kappa shape index (κ1) is 20.3. The Bertz CT molecular complexity index is 724. The van der Waals surface area contributed by atoms with Crippen molar-refractivity contribution in [2.75, 3.05) is 6.61 Å². The van der Waals surface area contributed by atoms with Crippen LogP contribution in [0, 0.1) is 45.8 Å². The molecule has 2 heterocycles. The summed E-state index contributed by atoms with van der Waals surface area (Å²) in [4.78, 5) is 0. The first-order chi connectivity index (χ1) is 13.7. The number of aliphatic hydroxyl groups is 1. The summed E-state index contributed by atoms with van der Waals surface area (Å²) in [5.74, 6) is 3.32. The summed E-state index contributed by atoms with van der Waals surface area (Å²) in [6, 6.07) is 0. The van der Waals surface area contributed by atoms with E-state index in [-0.39, 0.29) is 17.1 Å². The lowest BCUT2D eigenvalue weighted by atomic mass is 9.39. The molecule has 0 aromatic heterocycles. The molecule has 7 unspecified atom stereocenters. The maximum absolute atomic E-state index is 10.5. The highest BCUT2D eigenvalue weighted by Gasteiger charge is 2.72. The van der Waals surface area contributed by atoms with Gasteiger partial charge in [0.25, 0.3) is 0 Å². The standard InChI is InChI=1S/C27H42O2/c1-18(2)6-7-19(3)21-8-9-22-24(21,4)12-11-23-25(5)13-10-20(28)16-26(25)14-15-27(22,23)29-17-26/h6-7,14-15,18-23,28H,8-13,16-17H2,1-5H3/b7-6+/t19?,20?,21?,22?,23?,24?,25?,26-,27-/m0/s1. The molecule has 29 heavy (non-hydrogen) atoms. The zero-order chi connectivity index (χ0) is 20.7. The number of aliphatic hydroxyl groups excluding tert-OH is 1. The fourth-order valence-electron chi connectivity index (χ4n) is 9.05. The van der Waals surface area contributed by atoms with Crippen molar-refractivity contribution in [3.8, 4) is 0 Å². The average molecular weight is 399 g/mol. The predicted octanol–water partition coefficient (Wildman–Crippen LogP) is 6.15. The van der Waals surface area contributed by atoms with Crippen molar-refractivity contribution in [3.63, 3.8) is 0 Å². The smallest absolute Gasteiger partial charge is 0.0929 e. The summed E-state index contributed by atoms with van der Waals surface area (Å²) in [6.07, 6.45) is 18.1. The van der Waals surface area contributed by atoms with Gasteiger partial charge >= 0.3 is 0 Å². The van der Waals surface area contributed by atoms with Crippen LogP contribution in [0.4, 0.5) is 0 Å². The van der Waals surface area contributed by atoms with E-state index in [9.17, 15) is 5.11 Å². The molecule has 0 radical (unpaired) electrons. The van der Waals surface area contributed by atoms with Gasteiger partial charge in [-0.25, -0.2) is 0 Å². The number of hydrogen-bond donors (Lipinski definition) is 1. The Morgan fingerprint density at radius 3 is 2.45 bits per heavy atom. The molecule has 2 bridgehead atoms. The Hall–Kier alpha value is -0.600. The summed E-state index contributed by atoms with van der Waals surface area (Å²) in [7, 11) is 0. The molecule has 4 aliphatic carbocycles. The van der Waals surface area contributed by atoms with Gasteiger partial charge in [-0.05, 0) is 85.4 Å². The van der Waals surface area contributed by atoms with Crippen LogP contribution < -0.4 is 0 Å². The molecule has 6 rings (SSSR count). The molecule has 9 atom stereocenters. The predicted molar refractivity (Wildman–Crippen MR) is 118 cm³/mol. The van der Waals surface area contributed by atoms with Crippen molar-refractivity contribution in [2.24, 2.45) is 45.8 Å². The lowest BCUT2D eigenvalue weighted by molar-refractivity contribution is -0.285. The summed E-state index contributed by atoms with van der Waals surface area (Å²) in [5, 5.41) is 10.5. The lowest BCUT2D eigenvalue weighted by Crippen LogP contribution is -2.71. The molecular formula is C27H42O2. The Balaban J connectivity index is 1.50. The van der Waals surface area contributed by atoms with Crippen molar-refractivity contribution >= 4 is 0 Å². The molecule has 0 aromatic rings. The second kappa shape index (κ2) is 6.45. The average Bonchev–Trinajstić information content (AvgIpc) is 3.04. The highest BCUT2D eigenvalue weighted by molar-refractivity contribution is 5.33. The van der Waals surface area contributed by atoms with Gasteiger partial charge in [0, 0.05) is 5.41 Å². The third kappa shape index (κ3) is 2.54. The van der Waals surface area contributed by atoms with Crippen LogP contribution in [-0.4, -0.2) is 23.4 Å². The van der Waals surface area contributed by atoms with E-state index in [1.54, 1.807) is 0 Å². The zero-order valence-corrected chi connectivity index (χ0v) is 19.3. The number of fused-ring (bicyclic) bond motifs is 2. The maximum Gasteiger partial charge on any atom is 0.0929 e. The fourth-order valence-corrected chi connectivity index (χ4v) is 9.05. The number of allylic oxidation sites excluding steroid dienone is 2. The van der Waals surface area contributed by atoms with E-state index in [2.05, 4.69) is 58.9 Å². The van der Waals surface area contributed by atoms with E-state index in [1.165, 1.54) is 25.7 Å². The normalized spacial score (nSPS) is 54.4. The van der Waals surface area contributed by atoms with Gasteiger partial charge in [0.05, 0.1) is 18.3 Å². The molecule has 2 aliphatic heterocycles. The fraction of sp³-hybridized carbons (Fsp3) is 0.852. The Kier molecular flexibility index (Phi) is 4.52. The van der Waals surface area contributed by atoms with E-state index in [0.29, 0.717) is 34.5 Å². The first-order valence-corrected chi connectivity index (χ1v) is 12.4. The zero-order valence-electron chi connectivity index (χ0n) is 19.3. The van der Waals surface area contributed by atoms with Gasteiger partial charge in [0.1, 0.15) is 0 Å². The quantitative estimate of drug-likeness (QED) is 0.577. The van der Waals surface area contributed by atoms with Gasteiger partial charge in [-0.2, -0.15) is 0 Å². The van der Waals surface area contributed by atoms with Crippen LogP contribution in [0.5, 0.6) is 0 Å². The van der Waals surface area contributed by atoms with E-state index in [4.69, 9.17) is 4.74 Å². The summed E-state index contributed by atoms with van der Waals surface area (Å²) >= 11 is 0. The maximum atomic E-state index is 10.5. The van der Waals surface area contributed by atoms with Gasteiger partial charge in [0.2, 0.25) is 0 Å². The van der Waals surface area contributed by atoms with Crippen LogP contribution in [0.15, 0.2) is 24.3 Å². The number of hydrogen-bond acceptors (Lipinski definition) is 2. The highest BCUT2D eigenvalue weighted by atomic mass is 16.5. The van der Waals surface area contributed by atoms with E-state index < -0.39 is 0 Å². The van der Waals surface area contributed by atoms with Crippen molar-refractivity contribution in [2.45, 2.75) is 91.3 Å². The minimum absolute atomic E-state index is 0.0535. The molecule has 162 valence electrons. The Morgan fingerprint density at radius 2 is 1.76 bits per heavy atom. The van der Waals surface area contributed by atoms with E-state index in [1.807, 2.05) is 0 Å². The summed E-state index contributed by atoms with van der Waals surface area (Å²) in [5.41, 5.74) is 0.684. The van der Waals surface area contributed by atoms with Crippen molar-refractivity contribution < 1.29 is 9.84 Å². The number of ether oxygens (including phenoxy) is 1. The van der Waals surface area contributed by atoms with Gasteiger partial charge in [-0.1, -0.05) is 58.9 Å². The topological polar surface area (TPSA) is 29.5 Å². The van der Waals surface area contributed by atoms with Crippen LogP contribution in [0.1, 0.15) is 79.6 Å². The SMILES string of the molecule is CC(C)/C=C/C(C)C1CCC2C1(C)CCC1C3(C)CCC(O)C[C@]34C=C[C@]21OC4. The molecule has 4 fully saturated rings. The summed E-state index contributed by atoms with van der Waals surface area (Å²) in [6.45, 7) is 13.0. The first-order valence-electron chi connectivity index (χ1n) is 12.4. The molecular weight excluding hydrogens is 356 g/mol. The lowest BCUT2D eigenvalue weighted by Gasteiger charge is -2.71. The van der Waals surface area contributed by atoms with E-state index in [0.717, 1.165) is 31.8 Å². The van der Waals surface area contributed by atoms with Gasteiger partial charge in [-0.15, -0.1) is 0 Å². The van der Waals surface area contributed by atoms with Crippen molar-refractivity contribution in [3.05, 3.63) is 24.3 Å². The second-order valence-electron chi connectivity index (χ2n) is 12.3. The Morgan fingerprint density at radius 1 is 0.966 bits per heavy atom. The molecule has 2 heteroatoms. The highest BCUT2D eigenvalue weighted by Crippen LogP contribution is 2.74. The molecule has 3 saturated carbocycles. The van der Waals surface area contributed by atoms with Crippen LogP contribution in [0.3, 0.4) is 0 Å². The van der Waals surface area contributed by atoms with Gasteiger partial charge in [-0.3, -0.25) is 0 Å². The minimum Gasteiger partial charge on any atom is -0.393 e. The second-order valence-corrected chi connectivity index (χ2v) is 12.3. The third-order valence-corrected chi connectivity index (χ3v) is 10.7. The molecule has 0 aromatic carbocycles. The Labute approximate surface area is 178 Å². The largest absolute Gasteiger partial charge is 0.393 e. The minimum atomic E-state index is -0.153. The van der Waals surface area contributed by atoms with E-state index >= 15 is 0 Å². The van der Waals surface area contributed by atoms with Crippen molar-refractivity contribution in [1.29, 1.82) is 0 Å². The molecule has 2 spiro atoms. The van der Waals surface area contributed by atoms with Crippen LogP contribution in [-0.2, 0) is 4.74 Å². The van der Waals surface area contributed by atoms with Crippen molar-refractivity contribution in [1.82, 2.24) is 0 Å². The van der Waals surface area contributed by atoms with Crippen LogP contribution >= 0.6 is 0 Å². The third-order valence-electron chi connectivity index (χ3n) is 10.7. The number of rotatable bonds is 3. The summed E-state index contributed by atoms with van der Waals surface area (Å²) < 4.78 is 6.93. The van der Waals surface area contributed by atoms with Crippen LogP contribution in [0.2, 0.25) is 0 Å². The molecule has 2 nitrogen and oxygen atoms in total. The van der Waals surface area contributed by atoms with Crippen LogP contribution in [0.25, 0.3) is 0 Å². The molecule has 1 saturated heterocycles. The van der Waals surface area contributed by atoms with Gasteiger partial charge < -0.3 is 9.84 Å².